The molecule has 10 heteroatoms. The number of rotatable bonds is 5. The van der Waals surface area contributed by atoms with Crippen LogP contribution >= 0.6 is 11.3 Å². The highest BCUT2D eigenvalue weighted by atomic mass is 32.1. The Morgan fingerprint density at radius 3 is 2.90 bits per heavy atom. The van der Waals surface area contributed by atoms with Gasteiger partial charge in [0.1, 0.15) is 0 Å². The summed E-state index contributed by atoms with van der Waals surface area (Å²) < 4.78 is 4.12. The summed E-state index contributed by atoms with van der Waals surface area (Å²) in [5, 5.41) is 3.57. The Balaban J connectivity index is 1.40. The first-order valence-electron chi connectivity index (χ1n) is 9.74. The summed E-state index contributed by atoms with van der Waals surface area (Å²) in [6.07, 6.45) is 5.56. The highest BCUT2D eigenvalue weighted by molar-refractivity contribution is 7.15. The van der Waals surface area contributed by atoms with Gasteiger partial charge in [-0.15, -0.1) is 11.3 Å². The standard InChI is InChI=1S/C19H24N6O3S/c1-11-6-7-12-13(9-11)29-18(21-12)22-14(26)5-4-8-25-10-20-16-15(25)17(27)24(3)19(28)23(16)2/h10-11H,4-9H2,1-3H3,(H,21,22,26)/t11-/m1/s1. The van der Waals surface area contributed by atoms with Gasteiger partial charge >= 0.3 is 5.69 Å². The number of carbonyl (C=O) groups is 1. The molecule has 0 spiro atoms. The third-order valence-electron chi connectivity index (χ3n) is 5.45. The number of fused-ring (bicyclic) bond motifs is 2. The van der Waals surface area contributed by atoms with Crippen molar-refractivity contribution in [3.63, 3.8) is 0 Å². The topological polar surface area (TPSA) is 104 Å². The van der Waals surface area contributed by atoms with E-state index < -0.39 is 5.69 Å². The average Bonchev–Trinajstić information content (AvgIpc) is 3.28. The highest BCUT2D eigenvalue weighted by Crippen LogP contribution is 2.32. The number of nitrogens with zero attached hydrogens (tertiary/aromatic N) is 5. The van der Waals surface area contributed by atoms with E-state index in [0.29, 0.717) is 41.6 Å². The first kappa shape index (κ1) is 19.6. The summed E-state index contributed by atoms with van der Waals surface area (Å²) >= 11 is 1.57. The van der Waals surface area contributed by atoms with Crippen molar-refractivity contribution in [2.75, 3.05) is 5.32 Å². The van der Waals surface area contributed by atoms with Gasteiger partial charge in [-0.3, -0.25) is 18.7 Å². The van der Waals surface area contributed by atoms with Crippen molar-refractivity contribution in [3.8, 4) is 0 Å². The van der Waals surface area contributed by atoms with Crippen LogP contribution < -0.4 is 16.6 Å². The van der Waals surface area contributed by atoms with Gasteiger partial charge in [0.25, 0.3) is 5.56 Å². The summed E-state index contributed by atoms with van der Waals surface area (Å²) in [6, 6.07) is 0. The number of aromatic nitrogens is 5. The number of amides is 1. The SMILES string of the molecule is C[C@@H]1CCc2nc(NC(=O)CCCn3cnc4c3c(=O)n(C)c(=O)n4C)sc2C1. The maximum atomic E-state index is 12.4. The van der Waals surface area contributed by atoms with Crippen LogP contribution in [0.2, 0.25) is 0 Å². The fourth-order valence-electron chi connectivity index (χ4n) is 3.75. The van der Waals surface area contributed by atoms with Crippen LogP contribution in [0, 0.1) is 5.92 Å². The maximum absolute atomic E-state index is 12.4. The lowest BCUT2D eigenvalue weighted by molar-refractivity contribution is -0.116. The fraction of sp³-hybridized carbons (Fsp3) is 0.526. The number of imidazole rings is 1. The third-order valence-corrected chi connectivity index (χ3v) is 6.49. The summed E-state index contributed by atoms with van der Waals surface area (Å²) in [4.78, 5) is 46.8. The normalized spacial score (nSPS) is 16.2. The second kappa shape index (κ2) is 7.58. The van der Waals surface area contributed by atoms with Crippen molar-refractivity contribution in [2.45, 2.75) is 45.6 Å². The van der Waals surface area contributed by atoms with E-state index in [0.717, 1.165) is 29.5 Å². The van der Waals surface area contributed by atoms with Crippen molar-refractivity contribution in [3.05, 3.63) is 37.7 Å². The molecule has 1 N–H and O–H groups in total. The summed E-state index contributed by atoms with van der Waals surface area (Å²) in [5.41, 5.74) is 1.05. The Morgan fingerprint density at radius 2 is 2.10 bits per heavy atom. The van der Waals surface area contributed by atoms with E-state index in [4.69, 9.17) is 0 Å². The van der Waals surface area contributed by atoms with Crippen molar-refractivity contribution in [1.82, 2.24) is 23.7 Å². The zero-order chi connectivity index (χ0) is 20.7. The zero-order valence-corrected chi connectivity index (χ0v) is 17.6. The van der Waals surface area contributed by atoms with Gasteiger partial charge in [-0.1, -0.05) is 6.92 Å². The third kappa shape index (κ3) is 3.64. The number of hydrogen-bond donors (Lipinski definition) is 1. The number of aryl methyl sites for hydroxylation is 3. The van der Waals surface area contributed by atoms with Crippen LogP contribution in [-0.2, 0) is 38.3 Å². The lowest BCUT2D eigenvalue weighted by Crippen LogP contribution is -2.37. The Labute approximate surface area is 171 Å². The van der Waals surface area contributed by atoms with Crippen LogP contribution in [0.3, 0.4) is 0 Å². The summed E-state index contributed by atoms with van der Waals surface area (Å²) in [6.45, 7) is 2.70. The monoisotopic (exact) mass is 416 g/mol. The molecular formula is C19H24N6O3S. The van der Waals surface area contributed by atoms with Crippen molar-refractivity contribution in [2.24, 2.45) is 20.0 Å². The van der Waals surface area contributed by atoms with E-state index in [1.54, 1.807) is 29.3 Å². The molecule has 0 aromatic carbocycles. The minimum Gasteiger partial charge on any atom is -0.325 e. The van der Waals surface area contributed by atoms with Gasteiger partial charge in [-0.25, -0.2) is 14.8 Å². The molecule has 4 rings (SSSR count). The van der Waals surface area contributed by atoms with E-state index >= 15 is 0 Å². The van der Waals surface area contributed by atoms with Crippen LogP contribution in [0.4, 0.5) is 5.13 Å². The highest BCUT2D eigenvalue weighted by Gasteiger charge is 2.20. The number of nitrogens with one attached hydrogen (secondary N) is 1. The molecule has 29 heavy (non-hydrogen) atoms. The fourth-order valence-corrected chi connectivity index (χ4v) is 4.94. The average molecular weight is 417 g/mol. The number of anilines is 1. The lowest BCUT2D eigenvalue weighted by Gasteiger charge is -2.15. The minimum atomic E-state index is -0.410. The lowest BCUT2D eigenvalue weighted by atomic mass is 9.93. The molecule has 0 radical (unpaired) electrons. The molecular weight excluding hydrogens is 392 g/mol. The molecule has 3 aromatic heterocycles. The van der Waals surface area contributed by atoms with Gasteiger partial charge in [0, 0.05) is 31.9 Å². The molecule has 1 aliphatic rings. The van der Waals surface area contributed by atoms with Crippen molar-refractivity contribution in [1.29, 1.82) is 0 Å². The van der Waals surface area contributed by atoms with Crippen molar-refractivity contribution >= 4 is 33.5 Å². The first-order chi connectivity index (χ1) is 13.8. The molecule has 1 aliphatic carbocycles. The van der Waals surface area contributed by atoms with Gasteiger partial charge in [0.05, 0.1) is 12.0 Å². The molecule has 3 aromatic rings. The van der Waals surface area contributed by atoms with Gasteiger partial charge in [0.15, 0.2) is 16.3 Å². The molecule has 0 saturated carbocycles. The molecule has 0 fully saturated rings. The molecule has 9 nitrogen and oxygen atoms in total. The van der Waals surface area contributed by atoms with Crippen molar-refractivity contribution < 1.29 is 4.79 Å². The minimum absolute atomic E-state index is 0.0890. The van der Waals surface area contributed by atoms with Crippen LogP contribution in [0.1, 0.15) is 36.8 Å². The quantitative estimate of drug-likeness (QED) is 0.678. The molecule has 154 valence electrons. The van der Waals surface area contributed by atoms with Gasteiger partial charge in [0.2, 0.25) is 5.91 Å². The number of carbonyl (C=O) groups excluding carboxylic acids is 1. The Morgan fingerprint density at radius 1 is 1.31 bits per heavy atom. The van der Waals surface area contributed by atoms with Crippen LogP contribution in [-0.4, -0.2) is 29.6 Å². The van der Waals surface area contributed by atoms with E-state index in [1.165, 1.54) is 16.5 Å². The number of hydrogen-bond acceptors (Lipinski definition) is 6. The Bertz CT molecular complexity index is 1200. The van der Waals surface area contributed by atoms with E-state index in [2.05, 4.69) is 22.2 Å². The van der Waals surface area contributed by atoms with Gasteiger partial charge < -0.3 is 9.88 Å². The number of thiazole rings is 1. The predicted molar refractivity (Wildman–Crippen MR) is 111 cm³/mol. The van der Waals surface area contributed by atoms with Crippen LogP contribution in [0.25, 0.3) is 11.2 Å². The largest absolute Gasteiger partial charge is 0.332 e. The maximum Gasteiger partial charge on any atom is 0.332 e. The van der Waals surface area contributed by atoms with Gasteiger partial charge in [-0.05, 0) is 31.6 Å². The molecule has 1 amide bonds. The van der Waals surface area contributed by atoms with E-state index in [-0.39, 0.29) is 11.5 Å². The first-order valence-corrected chi connectivity index (χ1v) is 10.6. The Kier molecular flexibility index (Phi) is 5.12. The molecule has 0 bridgehead atoms. The smallest absolute Gasteiger partial charge is 0.325 e. The zero-order valence-electron chi connectivity index (χ0n) is 16.8. The second-order valence-electron chi connectivity index (χ2n) is 7.70. The van der Waals surface area contributed by atoms with Crippen LogP contribution in [0.5, 0.6) is 0 Å². The molecule has 3 heterocycles. The molecule has 0 unspecified atom stereocenters. The molecule has 0 aliphatic heterocycles. The predicted octanol–water partition coefficient (Wildman–Crippen LogP) is 1.43. The molecule has 0 saturated heterocycles. The second-order valence-corrected chi connectivity index (χ2v) is 8.79. The summed E-state index contributed by atoms with van der Waals surface area (Å²) in [5.74, 6) is 0.581. The Hall–Kier alpha value is -2.75. The van der Waals surface area contributed by atoms with Gasteiger partial charge in [-0.2, -0.15) is 0 Å². The summed E-state index contributed by atoms with van der Waals surface area (Å²) in [7, 11) is 3.03. The van der Waals surface area contributed by atoms with Crippen LogP contribution in [0.15, 0.2) is 15.9 Å². The van der Waals surface area contributed by atoms with E-state index in [1.807, 2.05) is 0 Å². The molecule has 1 atom stereocenters. The van der Waals surface area contributed by atoms with E-state index in [9.17, 15) is 14.4 Å².